The van der Waals surface area contributed by atoms with Gasteiger partial charge in [0, 0.05) is 12.6 Å². The summed E-state index contributed by atoms with van der Waals surface area (Å²) >= 11 is 0. The summed E-state index contributed by atoms with van der Waals surface area (Å²) in [5, 5.41) is 17.3. The van der Waals surface area contributed by atoms with Crippen LogP contribution in [0.4, 0.5) is 13.2 Å². The van der Waals surface area contributed by atoms with E-state index < -0.39 is 12.1 Å². The number of alkyl halides is 3. The Labute approximate surface area is 86.1 Å². The van der Waals surface area contributed by atoms with E-state index in [1.54, 1.807) is 4.90 Å². The van der Waals surface area contributed by atoms with E-state index in [4.69, 9.17) is 10.4 Å². The zero-order chi connectivity index (χ0) is 11.5. The van der Waals surface area contributed by atoms with E-state index in [-0.39, 0.29) is 19.2 Å². The number of likely N-dealkylation sites (tertiary alicyclic amines) is 1. The SMILES string of the molecule is N#CC(CN1CCC[C@H]1CO)C(F)(F)F. The van der Waals surface area contributed by atoms with Crippen molar-refractivity contribution in [2.75, 3.05) is 19.7 Å². The highest BCUT2D eigenvalue weighted by molar-refractivity contribution is 4.93. The van der Waals surface area contributed by atoms with E-state index in [1.165, 1.54) is 6.07 Å². The van der Waals surface area contributed by atoms with Crippen LogP contribution in [0.15, 0.2) is 0 Å². The third-order valence-electron chi connectivity index (χ3n) is 2.68. The lowest BCUT2D eigenvalue weighted by Gasteiger charge is -2.25. The molecule has 6 heteroatoms. The van der Waals surface area contributed by atoms with Crippen LogP contribution in [0, 0.1) is 17.2 Å². The number of nitrogens with zero attached hydrogens (tertiary/aromatic N) is 2. The van der Waals surface area contributed by atoms with Crippen LogP contribution in [0.2, 0.25) is 0 Å². The van der Waals surface area contributed by atoms with Crippen LogP contribution in [-0.2, 0) is 0 Å². The second-order valence-corrected chi connectivity index (χ2v) is 3.70. The minimum absolute atomic E-state index is 0.143. The van der Waals surface area contributed by atoms with Crippen molar-refractivity contribution in [1.82, 2.24) is 4.90 Å². The molecule has 86 valence electrons. The van der Waals surface area contributed by atoms with Crippen LogP contribution >= 0.6 is 0 Å². The Morgan fingerprint density at radius 2 is 2.20 bits per heavy atom. The van der Waals surface area contributed by atoms with Gasteiger partial charge in [0.15, 0.2) is 5.92 Å². The number of aliphatic hydroxyl groups excluding tert-OH is 1. The highest BCUT2D eigenvalue weighted by Crippen LogP contribution is 2.28. The van der Waals surface area contributed by atoms with Crippen molar-refractivity contribution in [3.05, 3.63) is 0 Å². The zero-order valence-electron chi connectivity index (χ0n) is 8.17. The first-order valence-corrected chi connectivity index (χ1v) is 4.80. The van der Waals surface area contributed by atoms with Gasteiger partial charge in [-0.1, -0.05) is 0 Å². The van der Waals surface area contributed by atoms with Crippen molar-refractivity contribution in [1.29, 1.82) is 5.26 Å². The minimum atomic E-state index is -4.47. The molecule has 1 fully saturated rings. The topological polar surface area (TPSA) is 47.3 Å². The zero-order valence-corrected chi connectivity index (χ0v) is 8.17. The van der Waals surface area contributed by atoms with Gasteiger partial charge in [-0.15, -0.1) is 0 Å². The quantitative estimate of drug-likeness (QED) is 0.779. The number of aliphatic hydroxyl groups is 1. The van der Waals surface area contributed by atoms with Gasteiger partial charge in [-0.3, -0.25) is 4.90 Å². The highest BCUT2D eigenvalue weighted by Gasteiger charge is 2.42. The van der Waals surface area contributed by atoms with Gasteiger partial charge in [0.25, 0.3) is 0 Å². The van der Waals surface area contributed by atoms with E-state index in [0.717, 1.165) is 6.42 Å². The molecule has 2 atom stereocenters. The van der Waals surface area contributed by atoms with Crippen molar-refractivity contribution in [2.45, 2.75) is 25.1 Å². The second-order valence-electron chi connectivity index (χ2n) is 3.70. The molecule has 1 aliphatic rings. The van der Waals surface area contributed by atoms with Gasteiger partial charge in [0.05, 0.1) is 12.7 Å². The summed E-state index contributed by atoms with van der Waals surface area (Å²) in [4.78, 5) is 1.54. The summed E-state index contributed by atoms with van der Waals surface area (Å²) in [5.41, 5.74) is 0. The van der Waals surface area contributed by atoms with E-state index >= 15 is 0 Å². The summed E-state index contributed by atoms with van der Waals surface area (Å²) in [6.45, 7) is 0.0563. The Bertz CT molecular complexity index is 249. The first-order valence-electron chi connectivity index (χ1n) is 4.80. The first-order chi connectivity index (χ1) is 6.99. The molecular formula is C9H13F3N2O. The predicted octanol–water partition coefficient (Wildman–Crippen LogP) is 1.15. The molecule has 0 saturated carbocycles. The molecule has 3 nitrogen and oxygen atoms in total. The number of halogens is 3. The number of rotatable bonds is 3. The summed E-state index contributed by atoms with van der Waals surface area (Å²) in [7, 11) is 0. The normalized spacial score (nSPS) is 25.1. The van der Waals surface area contributed by atoms with Crippen molar-refractivity contribution >= 4 is 0 Å². The van der Waals surface area contributed by atoms with Crippen molar-refractivity contribution in [3.8, 4) is 6.07 Å². The van der Waals surface area contributed by atoms with Gasteiger partial charge in [-0.25, -0.2) is 0 Å². The third kappa shape index (κ3) is 3.08. The smallest absolute Gasteiger partial charge is 0.395 e. The minimum Gasteiger partial charge on any atom is -0.395 e. The Hall–Kier alpha value is -0.800. The van der Waals surface area contributed by atoms with Gasteiger partial charge < -0.3 is 5.11 Å². The summed E-state index contributed by atoms with van der Waals surface area (Å²) in [6.07, 6.45) is -2.99. The van der Waals surface area contributed by atoms with E-state index in [0.29, 0.717) is 13.0 Å². The average Bonchev–Trinajstić information content (AvgIpc) is 2.59. The fraction of sp³-hybridized carbons (Fsp3) is 0.889. The fourth-order valence-corrected chi connectivity index (χ4v) is 1.79. The summed E-state index contributed by atoms with van der Waals surface area (Å²) < 4.78 is 36.9. The molecule has 1 N–H and O–H groups in total. The van der Waals surface area contributed by atoms with Gasteiger partial charge in [-0.2, -0.15) is 18.4 Å². The van der Waals surface area contributed by atoms with Crippen molar-refractivity contribution in [2.24, 2.45) is 5.92 Å². The molecule has 1 unspecified atom stereocenters. The van der Waals surface area contributed by atoms with E-state index in [9.17, 15) is 13.2 Å². The monoisotopic (exact) mass is 222 g/mol. The Kier molecular flexibility index (Phi) is 3.94. The van der Waals surface area contributed by atoms with Crippen molar-refractivity contribution in [3.63, 3.8) is 0 Å². The highest BCUT2D eigenvalue weighted by atomic mass is 19.4. The van der Waals surface area contributed by atoms with Gasteiger partial charge in [0.1, 0.15) is 0 Å². The number of hydrogen-bond donors (Lipinski definition) is 1. The molecule has 1 heterocycles. The molecule has 0 radical (unpaired) electrons. The van der Waals surface area contributed by atoms with Crippen LogP contribution in [0.25, 0.3) is 0 Å². The maximum atomic E-state index is 12.3. The molecule has 15 heavy (non-hydrogen) atoms. The Balaban J connectivity index is 2.56. The lowest BCUT2D eigenvalue weighted by atomic mass is 10.1. The van der Waals surface area contributed by atoms with Gasteiger partial charge in [0.2, 0.25) is 0 Å². The molecule has 0 aromatic rings. The van der Waals surface area contributed by atoms with Crippen LogP contribution in [0.3, 0.4) is 0 Å². The number of hydrogen-bond acceptors (Lipinski definition) is 3. The molecule has 0 bridgehead atoms. The molecule has 0 spiro atoms. The molecular weight excluding hydrogens is 209 g/mol. The summed E-state index contributed by atoms with van der Waals surface area (Å²) in [5.74, 6) is -1.95. The molecule has 0 aromatic heterocycles. The van der Waals surface area contributed by atoms with Crippen molar-refractivity contribution < 1.29 is 18.3 Å². The lowest BCUT2D eigenvalue weighted by molar-refractivity contribution is -0.163. The van der Waals surface area contributed by atoms with Gasteiger partial charge >= 0.3 is 6.18 Å². The average molecular weight is 222 g/mol. The van der Waals surface area contributed by atoms with Crippen LogP contribution in [0.5, 0.6) is 0 Å². The Morgan fingerprint density at radius 1 is 1.53 bits per heavy atom. The molecule has 1 rings (SSSR count). The van der Waals surface area contributed by atoms with Crippen LogP contribution in [-0.4, -0.2) is 41.9 Å². The summed E-state index contributed by atoms with van der Waals surface area (Å²) in [6, 6.07) is 1.05. The predicted molar refractivity (Wildman–Crippen MR) is 46.8 cm³/mol. The van der Waals surface area contributed by atoms with Crippen LogP contribution in [0.1, 0.15) is 12.8 Å². The first kappa shape index (κ1) is 12.3. The standard InChI is InChI=1S/C9H13F3N2O/c10-9(11,12)7(4-13)5-14-3-1-2-8(14)6-15/h7-8,15H,1-3,5-6H2/t7?,8-/m0/s1. The second kappa shape index (κ2) is 4.81. The third-order valence-corrected chi connectivity index (χ3v) is 2.68. The Morgan fingerprint density at radius 3 is 2.67 bits per heavy atom. The van der Waals surface area contributed by atoms with Gasteiger partial charge in [-0.05, 0) is 19.4 Å². The molecule has 1 saturated heterocycles. The fourth-order valence-electron chi connectivity index (χ4n) is 1.79. The largest absolute Gasteiger partial charge is 0.405 e. The molecule has 0 aromatic carbocycles. The maximum Gasteiger partial charge on any atom is 0.405 e. The molecule has 0 aliphatic carbocycles. The van der Waals surface area contributed by atoms with E-state index in [2.05, 4.69) is 0 Å². The number of nitriles is 1. The lowest BCUT2D eigenvalue weighted by Crippen LogP contribution is -2.40. The van der Waals surface area contributed by atoms with E-state index in [1.807, 2.05) is 0 Å². The molecule has 1 aliphatic heterocycles. The van der Waals surface area contributed by atoms with Crippen LogP contribution < -0.4 is 0 Å². The molecule has 0 amide bonds. The maximum absolute atomic E-state index is 12.3.